The summed E-state index contributed by atoms with van der Waals surface area (Å²) in [6, 6.07) is 0. The molecule has 0 aliphatic rings. The first-order valence-corrected chi connectivity index (χ1v) is 6.99. The molecule has 0 aromatic carbocycles. The van der Waals surface area contributed by atoms with E-state index < -0.39 is 10.0 Å². The lowest BCUT2D eigenvalue weighted by atomic mass is 10.2. The van der Waals surface area contributed by atoms with E-state index in [0.29, 0.717) is 0 Å². The molecule has 9 heteroatoms. The van der Waals surface area contributed by atoms with Gasteiger partial charge in [-0.15, -0.1) is 0 Å². The van der Waals surface area contributed by atoms with Crippen LogP contribution in [0.3, 0.4) is 0 Å². The summed E-state index contributed by atoms with van der Waals surface area (Å²) in [5.74, 6) is -0.230. The predicted molar refractivity (Wildman–Crippen MR) is 69.4 cm³/mol. The van der Waals surface area contributed by atoms with Crippen molar-refractivity contribution in [3.05, 3.63) is 11.2 Å². The molecule has 0 amide bonds. The fraction of sp³-hybridized carbons (Fsp3) is 0.500. The van der Waals surface area contributed by atoms with Crippen LogP contribution in [0.1, 0.15) is 6.92 Å². The number of nitrogens with one attached hydrogen (secondary N) is 1. The van der Waals surface area contributed by atoms with Crippen molar-refractivity contribution in [3.63, 3.8) is 0 Å². The molecule has 0 spiro atoms. The Morgan fingerprint density at radius 3 is 2.76 bits per heavy atom. The SMILES string of the molecule is CC(CNS(=O)(=O)c1c(Cl)cnn1C)C(N)=S. The first kappa shape index (κ1) is 14.4. The zero-order valence-electron chi connectivity index (χ0n) is 9.34. The van der Waals surface area contributed by atoms with Gasteiger partial charge in [0.2, 0.25) is 0 Å². The molecule has 6 nitrogen and oxygen atoms in total. The smallest absolute Gasteiger partial charge is 0.259 e. The van der Waals surface area contributed by atoms with E-state index in [1.807, 2.05) is 0 Å². The van der Waals surface area contributed by atoms with Gasteiger partial charge in [0, 0.05) is 19.5 Å². The van der Waals surface area contributed by atoms with Crippen molar-refractivity contribution >= 4 is 38.8 Å². The lowest BCUT2D eigenvalue weighted by molar-refractivity contribution is 0.557. The summed E-state index contributed by atoms with van der Waals surface area (Å²) >= 11 is 10.5. The van der Waals surface area contributed by atoms with Crippen LogP contribution in [0.4, 0.5) is 0 Å². The molecule has 0 bridgehead atoms. The van der Waals surface area contributed by atoms with E-state index in [0.717, 1.165) is 0 Å². The summed E-state index contributed by atoms with van der Waals surface area (Å²) in [6.45, 7) is 1.86. The van der Waals surface area contributed by atoms with Crippen molar-refractivity contribution < 1.29 is 8.42 Å². The van der Waals surface area contributed by atoms with Crippen molar-refractivity contribution in [2.24, 2.45) is 18.7 Å². The summed E-state index contributed by atoms with van der Waals surface area (Å²) < 4.78 is 27.4. The number of sulfonamides is 1. The van der Waals surface area contributed by atoms with Crippen LogP contribution in [0, 0.1) is 5.92 Å². The Morgan fingerprint density at radius 2 is 2.35 bits per heavy atom. The van der Waals surface area contributed by atoms with Gasteiger partial charge < -0.3 is 5.73 Å². The van der Waals surface area contributed by atoms with Crippen LogP contribution in [0.2, 0.25) is 5.02 Å². The molecule has 0 saturated carbocycles. The van der Waals surface area contributed by atoms with Crippen LogP contribution in [0.5, 0.6) is 0 Å². The van der Waals surface area contributed by atoms with E-state index in [9.17, 15) is 8.42 Å². The molecule has 0 aliphatic carbocycles. The van der Waals surface area contributed by atoms with Crippen LogP contribution < -0.4 is 10.5 Å². The predicted octanol–water partition coefficient (Wildman–Crippen LogP) is 0.274. The summed E-state index contributed by atoms with van der Waals surface area (Å²) in [6.07, 6.45) is 1.27. The minimum Gasteiger partial charge on any atom is -0.393 e. The molecular weight excluding hydrogens is 284 g/mol. The third-order valence-electron chi connectivity index (χ3n) is 2.16. The standard InChI is InChI=1S/C8H13ClN4O2S2/c1-5(7(10)16)3-12-17(14,15)8-6(9)4-11-13(8)2/h4-5,12H,3H2,1-2H3,(H2,10,16). The van der Waals surface area contributed by atoms with Crippen LogP contribution >= 0.6 is 23.8 Å². The van der Waals surface area contributed by atoms with Crippen molar-refractivity contribution in [1.29, 1.82) is 0 Å². The minimum atomic E-state index is -3.70. The number of hydrogen-bond donors (Lipinski definition) is 2. The monoisotopic (exact) mass is 296 g/mol. The molecule has 1 aromatic heterocycles. The average molecular weight is 297 g/mol. The maximum Gasteiger partial charge on any atom is 0.259 e. The molecule has 0 saturated heterocycles. The minimum absolute atomic E-state index is 0.0722. The van der Waals surface area contributed by atoms with Crippen molar-refractivity contribution in [2.45, 2.75) is 11.9 Å². The Hall–Kier alpha value is -0.700. The van der Waals surface area contributed by atoms with Crippen LogP contribution in [0.25, 0.3) is 0 Å². The number of hydrogen-bond acceptors (Lipinski definition) is 4. The highest BCUT2D eigenvalue weighted by atomic mass is 35.5. The molecule has 1 aromatic rings. The summed E-state index contributed by atoms with van der Waals surface area (Å²) in [4.78, 5) is 0.254. The molecule has 3 N–H and O–H groups in total. The van der Waals surface area contributed by atoms with E-state index in [4.69, 9.17) is 29.6 Å². The van der Waals surface area contributed by atoms with Crippen LogP contribution in [-0.4, -0.2) is 29.7 Å². The number of aromatic nitrogens is 2. The van der Waals surface area contributed by atoms with Gasteiger partial charge in [0.15, 0.2) is 5.03 Å². The van der Waals surface area contributed by atoms with E-state index in [1.165, 1.54) is 17.9 Å². The van der Waals surface area contributed by atoms with E-state index >= 15 is 0 Å². The molecule has 1 unspecified atom stereocenters. The molecular formula is C8H13ClN4O2S2. The van der Waals surface area contributed by atoms with Gasteiger partial charge in [-0.3, -0.25) is 4.68 Å². The number of halogens is 1. The molecule has 17 heavy (non-hydrogen) atoms. The maximum absolute atomic E-state index is 11.9. The third kappa shape index (κ3) is 3.38. The maximum atomic E-state index is 11.9. The highest BCUT2D eigenvalue weighted by Gasteiger charge is 2.23. The number of rotatable bonds is 5. The van der Waals surface area contributed by atoms with Crippen LogP contribution in [0.15, 0.2) is 11.2 Å². The topological polar surface area (TPSA) is 90.0 Å². The number of nitrogens with zero attached hydrogens (tertiary/aromatic N) is 2. The molecule has 0 radical (unpaired) electrons. The Kier molecular flexibility index (Phi) is 4.48. The van der Waals surface area contributed by atoms with Gasteiger partial charge in [0.05, 0.1) is 16.2 Å². The molecule has 96 valence electrons. The molecule has 1 heterocycles. The normalized spacial score (nSPS) is 13.6. The number of nitrogens with two attached hydrogens (primary N) is 1. The van der Waals surface area contributed by atoms with Gasteiger partial charge in [-0.2, -0.15) is 5.10 Å². The van der Waals surface area contributed by atoms with Crippen LogP contribution in [-0.2, 0) is 17.1 Å². The lowest BCUT2D eigenvalue weighted by Gasteiger charge is -2.11. The fourth-order valence-corrected chi connectivity index (χ4v) is 2.97. The molecule has 1 rings (SSSR count). The van der Waals surface area contributed by atoms with Gasteiger partial charge in [-0.25, -0.2) is 13.1 Å². The average Bonchev–Trinajstić information content (AvgIpc) is 2.55. The van der Waals surface area contributed by atoms with Crippen molar-refractivity contribution in [2.75, 3.05) is 6.54 Å². The third-order valence-corrected chi connectivity index (χ3v) is 4.49. The molecule has 0 aliphatic heterocycles. The quantitative estimate of drug-likeness (QED) is 0.762. The lowest BCUT2D eigenvalue weighted by Crippen LogP contribution is -2.34. The van der Waals surface area contributed by atoms with E-state index in [1.54, 1.807) is 6.92 Å². The Labute approximate surface area is 110 Å². The summed E-state index contributed by atoms with van der Waals surface area (Å²) in [5.41, 5.74) is 5.40. The van der Waals surface area contributed by atoms with E-state index in [2.05, 4.69) is 9.82 Å². The highest BCUT2D eigenvalue weighted by Crippen LogP contribution is 2.19. The second-order valence-electron chi connectivity index (χ2n) is 3.58. The van der Waals surface area contributed by atoms with E-state index in [-0.39, 0.29) is 27.5 Å². The van der Waals surface area contributed by atoms with Crippen molar-refractivity contribution in [1.82, 2.24) is 14.5 Å². The van der Waals surface area contributed by atoms with Gasteiger partial charge in [0.25, 0.3) is 10.0 Å². The van der Waals surface area contributed by atoms with Gasteiger partial charge in [0.1, 0.15) is 0 Å². The zero-order valence-corrected chi connectivity index (χ0v) is 11.7. The Morgan fingerprint density at radius 1 is 1.76 bits per heavy atom. The largest absolute Gasteiger partial charge is 0.393 e. The Bertz CT molecular complexity index is 506. The highest BCUT2D eigenvalue weighted by molar-refractivity contribution is 7.89. The molecule has 1 atom stereocenters. The first-order valence-electron chi connectivity index (χ1n) is 4.72. The van der Waals surface area contributed by atoms with Crippen molar-refractivity contribution in [3.8, 4) is 0 Å². The second-order valence-corrected chi connectivity index (χ2v) is 6.14. The number of aryl methyl sites for hydroxylation is 1. The Balaban J connectivity index is 2.87. The van der Waals surface area contributed by atoms with Gasteiger partial charge in [-0.05, 0) is 0 Å². The first-order chi connectivity index (χ1) is 7.75. The number of thiocarbonyl (C=S) groups is 1. The van der Waals surface area contributed by atoms with Gasteiger partial charge in [-0.1, -0.05) is 30.7 Å². The second kappa shape index (κ2) is 5.30. The summed E-state index contributed by atoms with van der Waals surface area (Å²) in [7, 11) is -2.21. The molecule has 0 fully saturated rings. The summed E-state index contributed by atoms with van der Waals surface area (Å²) in [5, 5.41) is 3.76. The fourth-order valence-electron chi connectivity index (χ4n) is 1.11. The van der Waals surface area contributed by atoms with Gasteiger partial charge >= 0.3 is 0 Å². The zero-order chi connectivity index (χ0) is 13.2.